The van der Waals surface area contributed by atoms with Gasteiger partial charge in [-0.15, -0.1) is 0 Å². The van der Waals surface area contributed by atoms with E-state index in [4.69, 9.17) is 10.5 Å². The van der Waals surface area contributed by atoms with E-state index >= 15 is 0 Å². The van der Waals surface area contributed by atoms with Crippen molar-refractivity contribution in [3.63, 3.8) is 0 Å². The van der Waals surface area contributed by atoms with Gasteiger partial charge in [0.15, 0.2) is 0 Å². The van der Waals surface area contributed by atoms with E-state index in [9.17, 15) is 13.2 Å². The number of carbonyl (C=O) groups excluding carboxylic acids is 1. The number of hydrogen-bond donors (Lipinski definition) is 2. The summed E-state index contributed by atoms with van der Waals surface area (Å²) in [5.74, 6) is -0.492. The lowest BCUT2D eigenvalue weighted by Gasteiger charge is -2.12. The quantitative estimate of drug-likeness (QED) is 0.709. The van der Waals surface area contributed by atoms with Crippen LogP contribution < -0.4 is 15.2 Å². The third-order valence-corrected chi connectivity index (χ3v) is 4.27. The average Bonchev–Trinajstić information content (AvgIpc) is 2.45. The zero-order valence-electron chi connectivity index (χ0n) is 12.3. The van der Waals surface area contributed by atoms with Crippen LogP contribution >= 0.6 is 0 Å². The minimum atomic E-state index is -3.73. The third kappa shape index (κ3) is 4.69. The lowest BCUT2D eigenvalue weighted by atomic mass is 10.2. The van der Waals surface area contributed by atoms with Gasteiger partial charge >= 0.3 is 5.97 Å². The molecule has 118 valence electrons. The van der Waals surface area contributed by atoms with Crippen LogP contribution in [0.5, 0.6) is 5.75 Å². The van der Waals surface area contributed by atoms with Crippen LogP contribution in [0.3, 0.4) is 0 Å². The van der Waals surface area contributed by atoms with E-state index in [-0.39, 0.29) is 28.8 Å². The van der Waals surface area contributed by atoms with Crippen molar-refractivity contribution in [1.29, 1.82) is 0 Å². The van der Waals surface area contributed by atoms with E-state index in [0.717, 1.165) is 0 Å². The Balaban J connectivity index is 3.03. The highest BCUT2D eigenvalue weighted by molar-refractivity contribution is 7.89. The number of ether oxygens (including phenoxy) is 2. The van der Waals surface area contributed by atoms with E-state index < -0.39 is 16.0 Å². The van der Waals surface area contributed by atoms with Gasteiger partial charge in [-0.2, -0.15) is 0 Å². The standard InChI is InChI=1S/C13H20N2O5S/c1-9(14)6-7-15-21(17,18)12-5-4-10(13(16)20-3)8-11(12)19-2/h4-5,8-9,15H,6-7,14H2,1-3H3. The first kappa shape index (κ1) is 17.4. The molecule has 0 aliphatic carbocycles. The summed E-state index contributed by atoms with van der Waals surface area (Å²) in [5, 5.41) is 0. The lowest BCUT2D eigenvalue weighted by molar-refractivity contribution is 0.0600. The van der Waals surface area contributed by atoms with Crippen LogP contribution in [0.15, 0.2) is 23.1 Å². The Bertz CT molecular complexity index is 599. The van der Waals surface area contributed by atoms with E-state index in [1.54, 1.807) is 6.92 Å². The maximum Gasteiger partial charge on any atom is 0.337 e. The summed E-state index contributed by atoms with van der Waals surface area (Å²) in [7, 11) is -1.15. The molecule has 0 aromatic heterocycles. The SMILES string of the molecule is COC(=O)c1ccc(S(=O)(=O)NCCC(C)N)c(OC)c1. The molecule has 0 spiro atoms. The fourth-order valence-electron chi connectivity index (χ4n) is 1.63. The normalized spacial score (nSPS) is 12.8. The molecule has 0 amide bonds. The van der Waals surface area contributed by atoms with Gasteiger partial charge in [0.25, 0.3) is 0 Å². The predicted octanol–water partition coefficient (Wildman–Crippen LogP) is 0.497. The first-order valence-electron chi connectivity index (χ1n) is 6.33. The molecule has 0 aliphatic rings. The molecular formula is C13H20N2O5S. The Kier molecular flexibility index (Phi) is 6.13. The third-order valence-electron chi connectivity index (χ3n) is 2.77. The monoisotopic (exact) mass is 316 g/mol. The van der Waals surface area contributed by atoms with Crippen molar-refractivity contribution in [3.05, 3.63) is 23.8 Å². The van der Waals surface area contributed by atoms with Crippen molar-refractivity contribution in [2.24, 2.45) is 5.73 Å². The molecule has 3 N–H and O–H groups in total. The number of hydrogen-bond acceptors (Lipinski definition) is 6. The molecule has 0 saturated heterocycles. The molecule has 1 aromatic rings. The van der Waals surface area contributed by atoms with E-state index in [2.05, 4.69) is 9.46 Å². The summed E-state index contributed by atoms with van der Waals surface area (Å²) in [6.07, 6.45) is 0.516. The number of benzene rings is 1. The number of nitrogens with one attached hydrogen (secondary N) is 1. The van der Waals surface area contributed by atoms with Gasteiger partial charge in [-0.1, -0.05) is 0 Å². The van der Waals surface area contributed by atoms with E-state index in [1.807, 2.05) is 0 Å². The Morgan fingerprint density at radius 2 is 2.05 bits per heavy atom. The highest BCUT2D eigenvalue weighted by Gasteiger charge is 2.21. The van der Waals surface area contributed by atoms with Gasteiger partial charge < -0.3 is 15.2 Å². The maximum absolute atomic E-state index is 12.2. The van der Waals surface area contributed by atoms with Crippen molar-refractivity contribution < 1.29 is 22.7 Å². The second-order valence-electron chi connectivity index (χ2n) is 4.52. The van der Waals surface area contributed by atoms with Crippen LogP contribution in [-0.2, 0) is 14.8 Å². The average molecular weight is 316 g/mol. The lowest BCUT2D eigenvalue weighted by Crippen LogP contribution is -2.29. The maximum atomic E-state index is 12.2. The minimum absolute atomic E-state index is 0.0395. The summed E-state index contributed by atoms with van der Waals surface area (Å²) in [4.78, 5) is 11.4. The highest BCUT2D eigenvalue weighted by atomic mass is 32.2. The van der Waals surface area contributed by atoms with Crippen molar-refractivity contribution >= 4 is 16.0 Å². The number of carbonyl (C=O) groups is 1. The molecule has 0 saturated carbocycles. The topological polar surface area (TPSA) is 108 Å². The van der Waals surface area contributed by atoms with Crippen molar-refractivity contribution in [3.8, 4) is 5.75 Å². The van der Waals surface area contributed by atoms with Crippen molar-refractivity contribution in [1.82, 2.24) is 4.72 Å². The molecule has 8 heteroatoms. The van der Waals surface area contributed by atoms with Crippen LogP contribution in [0.1, 0.15) is 23.7 Å². The van der Waals surface area contributed by atoms with Crippen LogP contribution in [0.2, 0.25) is 0 Å². The van der Waals surface area contributed by atoms with Gasteiger partial charge in [0, 0.05) is 12.6 Å². The summed E-state index contributed by atoms with van der Waals surface area (Å²) in [5.41, 5.74) is 5.79. The first-order chi connectivity index (χ1) is 9.81. The van der Waals surface area contributed by atoms with E-state index in [0.29, 0.717) is 6.42 Å². The van der Waals surface area contributed by atoms with E-state index in [1.165, 1.54) is 32.4 Å². The molecule has 7 nitrogen and oxygen atoms in total. The second-order valence-corrected chi connectivity index (χ2v) is 6.26. The smallest absolute Gasteiger partial charge is 0.337 e. The van der Waals surface area contributed by atoms with Crippen molar-refractivity contribution in [2.75, 3.05) is 20.8 Å². The van der Waals surface area contributed by atoms with Crippen LogP contribution in [0, 0.1) is 0 Å². The largest absolute Gasteiger partial charge is 0.495 e. The van der Waals surface area contributed by atoms with Crippen LogP contribution in [0.4, 0.5) is 0 Å². The molecule has 1 unspecified atom stereocenters. The zero-order chi connectivity index (χ0) is 16.0. The molecular weight excluding hydrogens is 296 g/mol. The fraction of sp³-hybridized carbons (Fsp3) is 0.462. The number of methoxy groups -OCH3 is 2. The zero-order valence-corrected chi connectivity index (χ0v) is 13.1. The van der Waals surface area contributed by atoms with Crippen molar-refractivity contribution in [2.45, 2.75) is 24.3 Å². The summed E-state index contributed by atoms with van der Waals surface area (Å²) < 4.78 is 36.5. The Hall–Kier alpha value is -1.64. The number of nitrogens with two attached hydrogens (primary N) is 1. The number of sulfonamides is 1. The molecule has 1 aromatic carbocycles. The van der Waals surface area contributed by atoms with Gasteiger partial charge in [0.05, 0.1) is 19.8 Å². The predicted molar refractivity (Wildman–Crippen MR) is 77.8 cm³/mol. The molecule has 21 heavy (non-hydrogen) atoms. The minimum Gasteiger partial charge on any atom is -0.495 e. The van der Waals surface area contributed by atoms with Crippen LogP contribution in [0.25, 0.3) is 0 Å². The summed E-state index contributed by atoms with van der Waals surface area (Å²) in [6.45, 7) is 2.02. The second kappa shape index (κ2) is 7.39. The Morgan fingerprint density at radius 1 is 1.38 bits per heavy atom. The van der Waals surface area contributed by atoms with Gasteiger partial charge in [-0.3, -0.25) is 0 Å². The molecule has 0 fully saturated rings. The molecule has 1 rings (SSSR count). The fourth-order valence-corrected chi connectivity index (χ4v) is 2.83. The molecule has 0 aliphatic heterocycles. The number of rotatable bonds is 7. The molecule has 0 bridgehead atoms. The number of esters is 1. The van der Waals surface area contributed by atoms with Gasteiger partial charge in [-0.25, -0.2) is 17.9 Å². The van der Waals surface area contributed by atoms with Gasteiger partial charge in [-0.05, 0) is 31.5 Å². The van der Waals surface area contributed by atoms with Crippen LogP contribution in [-0.4, -0.2) is 41.2 Å². The summed E-state index contributed by atoms with van der Waals surface area (Å²) >= 11 is 0. The molecule has 0 radical (unpaired) electrons. The highest BCUT2D eigenvalue weighted by Crippen LogP contribution is 2.25. The Labute approximate surface area is 124 Å². The summed E-state index contributed by atoms with van der Waals surface area (Å²) in [6, 6.07) is 3.90. The first-order valence-corrected chi connectivity index (χ1v) is 7.81. The Morgan fingerprint density at radius 3 is 2.57 bits per heavy atom. The van der Waals surface area contributed by atoms with Gasteiger partial charge in [0.1, 0.15) is 10.6 Å². The molecule has 0 heterocycles. The molecule has 1 atom stereocenters. The van der Waals surface area contributed by atoms with Gasteiger partial charge in [0.2, 0.25) is 10.0 Å².